The summed E-state index contributed by atoms with van der Waals surface area (Å²) < 4.78 is 32.5. The van der Waals surface area contributed by atoms with Crippen molar-refractivity contribution in [2.45, 2.75) is 31.7 Å². The third-order valence-corrected chi connectivity index (χ3v) is 5.55. The van der Waals surface area contributed by atoms with Gasteiger partial charge in [-0.1, -0.05) is 30.3 Å². The summed E-state index contributed by atoms with van der Waals surface area (Å²) in [5.41, 5.74) is 2.40. The smallest absolute Gasteiger partial charge is 0.240 e. The number of benzene rings is 2. The topological polar surface area (TPSA) is 84.5 Å². The van der Waals surface area contributed by atoms with Crippen LogP contribution in [0.15, 0.2) is 47.4 Å². The van der Waals surface area contributed by atoms with Crippen LogP contribution in [0, 0.1) is 13.8 Å². The van der Waals surface area contributed by atoms with Crippen LogP contribution in [-0.2, 0) is 21.4 Å². The van der Waals surface area contributed by atoms with Crippen molar-refractivity contribution < 1.29 is 17.9 Å². The fourth-order valence-electron chi connectivity index (χ4n) is 2.50. The Morgan fingerprint density at radius 1 is 1.12 bits per heavy atom. The molecule has 2 N–H and O–H groups in total. The number of rotatable bonds is 8. The minimum absolute atomic E-state index is 0.0352. The summed E-state index contributed by atoms with van der Waals surface area (Å²) in [4.78, 5) is 12.2. The number of para-hydroxylation sites is 1. The maximum Gasteiger partial charge on any atom is 0.240 e. The van der Waals surface area contributed by atoms with E-state index >= 15 is 0 Å². The molecule has 0 atom stereocenters. The van der Waals surface area contributed by atoms with E-state index in [0.717, 1.165) is 11.1 Å². The minimum Gasteiger partial charge on any atom is -0.496 e. The third-order valence-electron chi connectivity index (χ3n) is 3.95. The molecule has 0 saturated carbocycles. The molecule has 0 aliphatic heterocycles. The van der Waals surface area contributed by atoms with Gasteiger partial charge in [-0.3, -0.25) is 4.79 Å². The number of hydrogen-bond donors (Lipinski definition) is 2. The van der Waals surface area contributed by atoms with E-state index in [9.17, 15) is 13.2 Å². The molecule has 2 aromatic carbocycles. The van der Waals surface area contributed by atoms with E-state index in [1.54, 1.807) is 26.2 Å². The molecule has 0 radical (unpaired) electrons. The van der Waals surface area contributed by atoms with Crippen LogP contribution >= 0.6 is 0 Å². The van der Waals surface area contributed by atoms with E-state index in [4.69, 9.17) is 4.74 Å². The quantitative estimate of drug-likeness (QED) is 0.740. The summed E-state index contributed by atoms with van der Waals surface area (Å²) in [7, 11) is -2.06. The van der Waals surface area contributed by atoms with Gasteiger partial charge in [0.15, 0.2) is 0 Å². The normalized spacial score (nSPS) is 11.2. The molecule has 0 aromatic heterocycles. The van der Waals surface area contributed by atoms with Crippen molar-refractivity contribution in [3.63, 3.8) is 0 Å². The van der Waals surface area contributed by atoms with Crippen LogP contribution in [0.1, 0.15) is 23.1 Å². The molecule has 26 heavy (non-hydrogen) atoms. The lowest BCUT2D eigenvalue weighted by Crippen LogP contribution is -2.31. The molecule has 7 heteroatoms. The third kappa shape index (κ3) is 5.31. The molecule has 0 fully saturated rings. The lowest BCUT2D eigenvalue weighted by molar-refractivity contribution is -0.121. The van der Waals surface area contributed by atoms with E-state index < -0.39 is 10.0 Å². The Bertz CT molecular complexity index is 879. The molecular formula is C19H24N2O4S. The number of carbonyl (C=O) groups is 1. The van der Waals surface area contributed by atoms with Gasteiger partial charge in [-0.05, 0) is 37.1 Å². The van der Waals surface area contributed by atoms with E-state index in [-0.39, 0.29) is 23.8 Å². The van der Waals surface area contributed by atoms with Gasteiger partial charge in [-0.2, -0.15) is 0 Å². The molecule has 2 rings (SSSR count). The minimum atomic E-state index is -3.64. The van der Waals surface area contributed by atoms with E-state index in [0.29, 0.717) is 17.9 Å². The van der Waals surface area contributed by atoms with Crippen LogP contribution in [0.4, 0.5) is 0 Å². The molecule has 6 nitrogen and oxygen atoms in total. The first-order valence-corrected chi connectivity index (χ1v) is 9.77. The van der Waals surface area contributed by atoms with Gasteiger partial charge >= 0.3 is 0 Å². The predicted molar refractivity (Wildman–Crippen MR) is 101 cm³/mol. The van der Waals surface area contributed by atoms with Gasteiger partial charge in [-0.25, -0.2) is 13.1 Å². The fraction of sp³-hybridized carbons (Fsp3) is 0.316. The second kappa shape index (κ2) is 8.82. The molecule has 0 bridgehead atoms. The number of hydrogen-bond acceptors (Lipinski definition) is 4. The summed E-state index contributed by atoms with van der Waals surface area (Å²) in [6.45, 7) is 3.94. The maximum absolute atomic E-state index is 12.4. The van der Waals surface area contributed by atoms with Crippen LogP contribution in [0.2, 0.25) is 0 Å². The fourth-order valence-corrected chi connectivity index (χ4v) is 3.86. The van der Waals surface area contributed by atoms with Gasteiger partial charge in [-0.15, -0.1) is 0 Å². The number of nitrogens with one attached hydrogen (secondary N) is 2. The van der Waals surface area contributed by atoms with E-state index in [2.05, 4.69) is 10.0 Å². The number of sulfonamides is 1. The van der Waals surface area contributed by atoms with Gasteiger partial charge in [0.2, 0.25) is 15.9 Å². The highest BCUT2D eigenvalue weighted by molar-refractivity contribution is 7.89. The molecule has 140 valence electrons. The average Bonchev–Trinajstić information content (AvgIpc) is 2.62. The number of methoxy groups -OCH3 is 1. The molecule has 0 aliphatic carbocycles. The zero-order chi connectivity index (χ0) is 19.2. The molecule has 0 heterocycles. The molecule has 0 spiro atoms. The second-order valence-corrected chi connectivity index (χ2v) is 7.74. The molecule has 2 aromatic rings. The molecule has 0 saturated heterocycles. The lowest BCUT2D eigenvalue weighted by atomic mass is 10.2. The summed E-state index contributed by atoms with van der Waals surface area (Å²) in [6, 6.07) is 12.7. The van der Waals surface area contributed by atoms with Crippen molar-refractivity contribution in [1.82, 2.24) is 10.0 Å². The Hall–Kier alpha value is -2.38. The standard InChI is InChI=1S/C19H24N2O4S/c1-14-8-9-15(2)18(12-14)26(23,24)21-11-10-19(22)20-13-16-6-4-5-7-17(16)25-3/h4-9,12,21H,10-11,13H2,1-3H3,(H,20,22). The number of aryl methyl sites for hydroxylation is 2. The van der Waals surface area contributed by atoms with Gasteiger partial charge in [0.1, 0.15) is 5.75 Å². The van der Waals surface area contributed by atoms with Crippen LogP contribution in [0.25, 0.3) is 0 Å². The van der Waals surface area contributed by atoms with Gasteiger partial charge in [0.25, 0.3) is 0 Å². The second-order valence-electron chi connectivity index (χ2n) is 6.01. The van der Waals surface area contributed by atoms with E-state index in [1.165, 1.54) is 0 Å². The summed E-state index contributed by atoms with van der Waals surface area (Å²) >= 11 is 0. The first-order chi connectivity index (χ1) is 12.3. The molecule has 0 aliphatic rings. The Morgan fingerprint density at radius 2 is 1.85 bits per heavy atom. The first kappa shape index (κ1) is 19.9. The van der Waals surface area contributed by atoms with Crippen molar-refractivity contribution in [1.29, 1.82) is 0 Å². The molecular weight excluding hydrogens is 352 g/mol. The molecule has 1 amide bonds. The zero-order valence-electron chi connectivity index (χ0n) is 15.2. The van der Waals surface area contributed by atoms with Crippen LogP contribution in [-0.4, -0.2) is 28.0 Å². The van der Waals surface area contributed by atoms with Crippen molar-refractivity contribution in [3.05, 3.63) is 59.2 Å². The molecule has 0 unspecified atom stereocenters. The number of carbonyl (C=O) groups excluding carboxylic acids is 1. The SMILES string of the molecule is COc1ccccc1CNC(=O)CCNS(=O)(=O)c1cc(C)ccc1C. The highest BCUT2D eigenvalue weighted by atomic mass is 32.2. The van der Waals surface area contributed by atoms with Crippen LogP contribution in [0.3, 0.4) is 0 Å². The summed E-state index contributed by atoms with van der Waals surface area (Å²) in [5, 5.41) is 2.77. The summed E-state index contributed by atoms with van der Waals surface area (Å²) in [5.74, 6) is 0.461. The highest BCUT2D eigenvalue weighted by Crippen LogP contribution is 2.17. The van der Waals surface area contributed by atoms with Gasteiger partial charge in [0, 0.05) is 25.1 Å². The first-order valence-electron chi connectivity index (χ1n) is 8.29. The van der Waals surface area contributed by atoms with Gasteiger partial charge < -0.3 is 10.1 Å². The summed E-state index contributed by atoms with van der Waals surface area (Å²) in [6.07, 6.45) is 0.0548. The largest absolute Gasteiger partial charge is 0.496 e. The number of ether oxygens (including phenoxy) is 1. The van der Waals surface area contributed by atoms with Gasteiger partial charge in [0.05, 0.1) is 12.0 Å². The predicted octanol–water partition coefficient (Wildman–Crippen LogP) is 2.30. The van der Waals surface area contributed by atoms with E-state index in [1.807, 2.05) is 37.3 Å². The maximum atomic E-state index is 12.4. The van der Waals surface area contributed by atoms with Crippen molar-refractivity contribution in [3.8, 4) is 5.75 Å². The van der Waals surface area contributed by atoms with Crippen LogP contribution < -0.4 is 14.8 Å². The Labute approximate surface area is 154 Å². The number of amides is 1. The van der Waals surface area contributed by atoms with Crippen molar-refractivity contribution >= 4 is 15.9 Å². The van der Waals surface area contributed by atoms with Crippen LogP contribution in [0.5, 0.6) is 5.75 Å². The average molecular weight is 376 g/mol. The lowest BCUT2D eigenvalue weighted by Gasteiger charge is -2.11. The Kier molecular flexibility index (Phi) is 6.76. The zero-order valence-corrected chi connectivity index (χ0v) is 16.0. The highest BCUT2D eigenvalue weighted by Gasteiger charge is 2.17. The Balaban J connectivity index is 1.87. The Morgan fingerprint density at radius 3 is 2.58 bits per heavy atom. The monoisotopic (exact) mass is 376 g/mol. The van der Waals surface area contributed by atoms with Crippen molar-refractivity contribution in [2.24, 2.45) is 0 Å². The van der Waals surface area contributed by atoms with Crippen molar-refractivity contribution in [2.75, 3.05) is 13.7 Å².